The van der Waals surface area contributed by atoms with E-state index in [2.05, 4.69) is 6.92 Å². The summed E-state index contributed by atoms with van der Waals surface area (Å²) >= 11 is 0. The summed E-state index contributed by atoms with van der Waals surface area (Å²) in [6.45, 7) is 3.09. The first-order valence-corrected chi connectivity index (χ1v) is 5.48. The predicted octanol–water partition coefficient (Wildman–Crippen LogP) is 1.90. The minimum atomic E-state index is 0.0974. The molecule has 15 heavy (non-hydrogen) atoms. The van der Waals surface area contributed by atoms with E-state index >= 15 is 0 Å². The Bertz CT molecular complexity index is 351. The number of benzene rings is 1. The summed E-state index contributed by atoms with van der Waals surface area (Å²) < 4.78 is 5.76. The van der Waals surface area contributed by atoms with Crippen molar-refractivity contribution in [2.75, 3.05) is 6.61 Å². The van der Waals surface area contributed by atoms with Crippen LogP contribution in [0.4, 0.5) is 0 Å². The molecule has 0 amide bonds. The molecule has 1 aliphatic rings. The van der Waals surface area contributed by atoms with Crippen LogP contribution in [0.1, 0.15) is 30.1 Å². The Hall–Kier alpha value is -1.09. The lowest BCUT2D eigenvalue weighted by molar-refractivity contribution is 0.112. The molecular weight excluding hydrogens is 187 g/mol. The van der Waals surface area contributed by atoms with Crippen LogP contribution in [0, 0.1) is 0 Å². The van der Waals surface area contributed by atoms with Crippen molar-refractivity contribution in [3.05, 3.63) is 29.8 Å². The van der Waals surface area contributed by atoms with Crippen molar-refractivity contribution < 1.29 is 9.45 Å². The Morgan fingerprint density at radius 2 is 2.27 bits per heavy atom. The summed E-state index contributed by atoms with van der Waals surface area (Å²) in [5.41, 5.74) is 1.80. The molecule has 1 saturated heterocycles. The second-order valence-electron chi connectivity index (χ2n) is 4.16. The van der Waals surface area contributed by atoms with Gasteiger partial charge in [-0.1, -0.05) is 37.6 Å². The molecule has 0 aromatic heterocycles. The van der Waals surface area contributed by atoms with E-state index in [1.54, 1.807) is 0 Å². The molecule has 0 unspecified atom stereocenters. The van der Waals surface area contributed by atoms with E-state index in [1.165, 1.54) is 6.42 Å². The van der Waals surface area contributed by atoms with Crippen molar-refractivity contribution in [1.29, 1.82) is 0 Å². The van der Waals surface area contributed by atoms with Crippen LogP contribution in [-0.2, 0) is 4.65 Å². The summed E-state index contributed by atoms with van der Waals surface area (Å²) in [5, 5.41) is 0. The first-order valence-electron chi connectivity index (χ1n) is 5.48. The van der Waals surface area contributed by atoms with Crippen LogP contribution in [0.25, 0.3) is 0 Å². The van der Waals surface area contributed by atoms with Crippen LogP contribution in [0.15, 0.2) is 24.3 Å². The molecule has 0 saturated carbocycles. The van der Waals surface area contributed by atoms with E-state index < -0.39 is 0 Å². The summed E-state index contributed by atoms with van der Waals surface area (Å²) in [7, 11) is 0. The maximum Gasteiger partial charge on any atom is 0.330 e. The first kappa shape index (κ1) is 10.4. The fourth-order valence-electron chi connectivity index (χ4n) is 2.20. The SMILES string of the molecule is C[C@H]1CCCOB1c1ccccc1C=O. The van der Waals surface area contributed by atoms with Gasteiger partial charge in [0.05, 0.1) is 0 Å². The van der Waals surface area contributed by atoms with Gasteiger partial charge in [0.25, 0.3) is 0 Å². The topological polar surface area (TPSA) is 26.3 Å². The quantitative estimate of drug-likeness (QED) is 0.540. The summed E-state index contributed by atoms with van der Waals surface area (Å²) in [5.74, 6) is 0.500. The molecule has 1 aromatic rings. The van der Waals surface area contributed by atoms with Crippen molar-refractivity contribution in [3.8, 4) is 0 Å². The zero-order chi connectivity index (χ0) is 10.7. The molecule has 0 spiro atoms. The molecule has 0 bridgehead atoms. The zero-order valence-electron chi connectivity index (χ0n) is 8.98. The number of carbonyl (C=O) groups is 1. The zero-order valence-corrected chi connectivity index (χ0v) is 8.98. The molecule has 0 radical (unpaired) electrons. The van der Waals surface area contributed by atoms with Crippen LogP contribution in [-0.4, -0.2) is 19.8 Å². The van der Waals surface area contributed by atoms with Gasteiger partial charge in [0.1, 0.15) is 6.29 Å². The van der Waals surface area contributed by atoms with Gasteiger partial charge in [0, 0.05) is 12.2 Å². The van der Waals surface area contributed by atoms with Crippen molar-refractivity contribution in [2.24, 2.45) is 0 Å². The lowest BCUT2D eigenvalue weighted by Crippen LogP contribution is -2.42. The van der Waals surface area contributed by atoms with Crippen LogP contribution < -0.4 is 5.46 Å². The minimum absolute atomic E-state index is 0.0974. The summed E-state index contributed by atoms with van der Waals surface area (Å²) in [4.78, 5) is 10.9. The fraction of sp³-hybridized carbons (Fsp3) is 0.417. The van der Waals surface area contributed by atoms with Crippen molar-refractivity contribution in [2.45, 2.75) is 25.6 Å². The molecular formula is C12H15BO2. The molecule has 1 heterocycles. The third-order valence-electron chi connectivity index (χ3n) is 3.05. The van der Waals surface area contributed by atoms with Crippen LogP contribution in [0.3, 0.4) is 0 Å². The molecule has 0 N–H and O–H groups in total. The van der Waals surface area contributed by atoms with Gasteiger partial charge in [0.15, 0.2) is 0 Å². The Labute approximate surface area is 90.7 Å². The van der Waals surface area contributed by atoms with Gasteiger partial charge in [-0.2, -0.15) is 0 Å². The number of hydrogen-bond donors (Lipinski definition) is 0. The molecule has 1 aliphatic heterocycles. The molecule has 3 heteroatoms. The molecule has 2 rings (SSSR count). The second-order valence-corrected chi connectivity index (χ2v) is 4.16. The normalized spacial score (nSPS) is 21.4. The van der Waals surface area contributed by atoms with Crippen LogP contribution >= 0.6 is 0 Å². The van der Waals surface area contributed by atoms with E-state index in [0.717, 1.165) is 30.3 Å². The van der Waals surface area contributed by atoms with Gasteiger partial charge in [-0.15, -0.1) is 0 Å². The maximum absolute atomic E-state index is 10.9. The standard InChI is InChI=1S/C12H15BO2/c1-10-5-4-8-15-13(10)12-7-3-2-6-11(12)9-14/h2-3,6-7,9-10H,4-5,8H2,1H3/t10-/m0/s1. The third-order valence-corrected chi connectivity index (χ3v) is 3.05. The fourth-order valence-corrected chi connectivity index (χ4v) is 2.20. The van der Waals surface area contributed by atoms with E-state index in [9.17, 15) is 4.79 Å². The van der Waals surface area contributed by atoms with Crippen LogP contribution in [0.5, 0.6) is 0 Å². The van der Waals surface area contributed by atoms with Gasteiger partial charge < -0.3 is 4.65 Å². The average Bonchev–Trinajstić information content (AvgIpc) is 2.30. The number of carbonyl (C=O) groups excluding carboxylic acids is 1. The Morgan fingerprint density at radius 1 is 1.47 bits per heavy atom. The highest BCUT2D eigenvalue weighted by atomic mass is 16.4. The highest BCUT2D eigenvalue weighted by Crippen LogP contribution is 2.23. The lowest BCUT2D eigenvalue weighted by Gasteiger charge is -2.26. The second kappa shape index (κ2) is 4.62. The third kappa shape index (κ3) is 2.12. The van der Waals surface area contributed by atoms with Gasteiger partial charge in [-0.05, 0) is 17.7 Å². The predicted molar refractivity (Wildman–Crippen MR) is 61.8 cm³/mol. The van der Waals surface area contributed by atoms with E-state index in [0.29, 0.717) is 5.82 Å². The first-order chi connectivity index (χ1) is 7.33. The summed E-state index contributed by atoms with van der Waals surface area (Å²) in [6.07, 6.45) is 3.22. The Kier molecular flexibility index (Phi) is 3.22. The number of aldehydes is 1. The summed E-state index contributed by atoms with van der Waals surface area (Å²) in [6, 6.07) is 7.71. The van der Waals surface area contributed by atoms with Crippen LogP contribution in [0.2, 0.25) is 5.82 Å². The molecule has 1 fully saturated rings. The lowest BCUT2D eigenvalue weighted by atomic mass is 9.48. The Morgan fingerprint density at radius 3 is 3.00 bits per heavy atom. The van der Waals surface area contributed by atoms with E-state index in [-0.39, 0.29) is 6.92 Å². The van der Waals surface area contributed by atoms with Gasteiger partial charge >= 0.3 is 6.92 Å². The van der Waals surface area contributed by atoms with Gasteiger partial charge in [-0.3, -0.25) is 4.79 Å². The molecule has 1 atom stereocenters. The highest BCUT2D eigenvalue weighted by molar-refractivity contribution is 6.70. The van der Waals surface area contributed by atoms with E-state index in [1.807, 2.05) is 24.3 Å². The molecule has 78 valence electrons. The minimum Gasteiger partial charge on any atom is -0.430 e. The molecule has 2 nitrogen and oxygen atoms in total. The van der Waals surface area contributed by atoms with Crippen molar-refractivity contribution in [1.82, 2.24) is 0 Å². The maximum atomic E-state index is 10.9. The number of hydrogen-bond acceptors (Lipinski definition) is 2. The average molecular weight is 202 g/mol. The van der Waals surface area contributed by atoms with Gasteiger partial charge in [-0.25, -0.2) is 0 Å². The highest BCUT2D eigenvalue weighted by Gasteiger charge is 2.30. The molecule has 1 aromatic carbocycles. The monoisotopic (exact) mass is 202 g/mol. The van der Waals surface area contributed by atoms with E-state index in [4.69, 9.17) is 4.65 Å². The Balaban J connectivity index is 2.30. The number of rotatable bonds is 2. The largest absolute Gasteiger partial charge is 0.430 e. The van der Waals surface area contributed by atoms with Crippen molar-refractivity contribution in [3.63, 3.8) is 0 Å². The smallest absolute Gasteiger partial charge is 0.330 e. The molecule has 0 aliphatic carbocycles. The van der Waals surface area contributed by atoms with Gasteiger partial charge in [0.2, 0.25) is 0 Å². The van der Waals surface area contributed by atoms with Crippen molar-refractivity contribution >= 4 is 18.7 Å².